The zero-order valence-corrected chi connectivity index (χ0v) is 10.7. The SMILES string of the molecule is CC(C)CC(C)(OC1CCCCC1)C(=O)O. The molecule has 3 nitrogen and oxygen atoms in total. The van der Waals surface area contributed by atoms with Crippen LogP contribution >= 0.6 is 0 Å². The van der Waals surface area contributed by atoms with Crippen molar-refractivity contribution in [1.29, 1.82) is 0 Å². The van der Waals surface area contributed by atoms with E-state index in [0.717, 1.165) is 12.8 Å². The van der Waals surface area contributed by atoms with Crippen LogP contribution in [0.15, 0.2) is 0 Å². The molecule has 1 unspecified atom stereocenters. The van der Waals surface area contributed by atoms with Crippen molar-refractivity contribution < 1.29 is 14.6 Å². The lowest BCUT2D eigenvalue weighted by molar-refractivity contribution is -0.176. The predicted molar refractivity (Wildman–Crippen MR) is 63.5 cm³/mol. The second-order valence-corrected chi connectivity index (χ2v) is 5.51. The van der Waals surface area contributed by atoms with E-state index in [1.807, 2.05) is 13.8 Å². The van der Waals surface area contributed by atoms with Gasteiger partial charge in [-0.2, -0.15) is 0 Å². The molecule has 0 saturated heterocycles. The van der Waals surface area contributed by atoms with Gasteiger partial charge in [-0.15, -0.1) is 0 Å². The van der Waals surface area contributed by atoms with E-state index < -0.39 is 11.6 Å². The molecule has 0 amide bonds. The zero-order valence-electron chi connectivity index (χ0n) is 10.7. The van der Waals surface area contributed by atoms with Gasteiger partial charge in [-0.05, 0) is 32.1 Å². The lowest BCUT2D eigenvalue weighted by Gasteiger charge is -2.33. The Bertz CT molecular complexity index is 231. The largest absolute Gasteiger partial charge is 0.479 e. The molecule has 1 N–H and O–H groups in total. The van der Waals surface area contributed by atoms with Crippen LogP contribution in [0.1, 0.15) is 59.3 Å². The lowest BCUT2D eigenvalue weighted by atomic mass is 9.92. The molecule has 1 aliphatic rings. The molecule has 0 aromatic heterocycles. The monoisotopic (exact) mass is 228 g/mol. The van der Waals surface area contributed by atoms with E-state index >= 15 is 0 Å². The van der Waals surface area contributed by atoms with Crippen LogP contribution in [0.5, 0.6) is 0 Å². The van der Waals surface area contributed by atoms with Crippen molar-refractivity contribution in [1.82, 2.24) is 0 Å². The van der Waals surface area contributed by atoms with Crippen LogP contribution in [0, 0.1) is 5.92 Å². The van der Waals surface area contributed by atoms with E-state index in [4.69, 9.17) is 4.74 Å². The van der Waals surface area contributed by atoms with E-state index in [-0.39, 0.29) is 6.10 Å². The molecule has 94 valence electrons. The highest BCUT2D eigenvalue weighted by Crippen LogP contribution is 2.29. The summed E-state index contributed by atoms with van der Waals surface area (Å²) in [6.45, 7) is 5.78. The van der Waals surface area contributed by atoms with E-state index in [2.05, 4.69) is 0 Å². The van der Waals surface area contributed by atoms with Crippen LogP contribution in [-0.2, 0) is 9.53 Å². The number of hydrogen-bond acceptors (Lipinski definition) is 2. The lowest BCUT2D eigenvalue weighted by Crippen LogP contribution is -2.43. The summed E-state index contributed by atoms with van der Waals surface area (Å²) in [5.41, 5.74) is -1.00. The summed E-state index contributed by atoms with van der Waals surface area (Å²) in [4.78, 5) is 11.3. The minimum absolute atomic E-state index is 0.147. The van der Waals surface area contributed by atoms with Crippen molar-refractivity contribution >= 4 is 5.97 Å². The van der Waals surface area contributed by atoms with Gasteiger partial charge in [-0.25, -0.2) is 4.79 Å². The molecule has 3 heteroatoms. The van der Waals surface area contributed by atoms with Crippen molar-refractivity contribution in [3.05, 3.63) is 0 Å². The fourth-order valence-corrected chi connectivity index (χ4v) is 2.52. The summed E-state index contributed by atoms with van der Waals surface area (Å²) in [5, 5.41) is 9.29. The van der Waals surface area contributed by atoms with Crippen LogP contribution in [0.25, 0.3) is 0 Å². The van der Waals surface area contributed by atoms with Crippen molar-refractivity contribution in [3.8, 4) is 0 Å². The molecule has 16 heavy (non-hydrogen) atoms. The Morgan fingerprint density at radius 3 is 2.38 bits per heavy atom. The van der Waals surface area contributed by atoms with Gasteiger partial charge in [0.25, 0.3) is 0 Å². The summed E-state index contributed by atoms with van der Waals surface area (Å²) in [5.74, 6) is -0.489. The second-order valence-electron chi connectivity index (χ2n) is 5.51. The van der Waals surface area contributed by atoms with Crippen molar-refractivity contribution in [2.75, 3.05) is 0 Å². The third-order valence-corrected chi connectivity index (χ3v) is 3.23. The van der Waals surface area contributed by atoms with Crippen LogP contribution < -0.4 is 0 Å². The summed E-state index contributed by atoms with van der Waals surface area (Å²) >= 11 is 0. The Morgan fingerprint density at radius 1 is 1.38 bits per heavy atom. The van der Waals surface area contributed by atoms with Crippen molar-refractivity contribution in [2.45, 2.75) is 71.0 Å². The van der Waals surface area contributed by atoms with Crippen LogP contribution in [0.3, 0.4) is 0 Å². The molecular formula is C13H24O3. The van der Waals surface area contributed by atoms with Crippen molar-refractivity contribution in [3.63, 3.8) is 0 Å². The minimum atomic E-state index is -1.00. The summed E-state index contributed by atoms with van der Waals surface area (Å²) in [7, 11) is 0. The predicted octanol–water partition coefficient (Wildman–Crippen LogP) is 3.23. The Hall–Kier alpha value is -0.570. The molecule has 0 bridgehead atoms. The summed E-state index contributed by atoms with van der Waals surface area (Å²) < 4.78 is 5.85. The number of carbonyl (C=O) groups is 1. The van der Waals surface area contributed by atoms with Gasteiger partial charge in [0.2, 0.25) is 0 Å². The fourth-order valence-electron chi connectivity index (χ4n) is 2.52. The van der Waals surface area contributed by atoms with Gasteiger partial charge < -0.3 is 9.84 Å². The summed E-state index contributed by atoms with van der Waals surface area (Å²) in [6, 6.07) is 0. The molecule has 1 aliphatic carbocycles. The average Bonchev–Trinajstić information content (AvgIpc) is 2.17. The molecule has 1 rings (SSSR count). The molecule has 0 spiro atoms. The number of carboxylic acids is 1. The van der Waals surface area contributed by atoms with Gasteiger partial charge in [0.1, 0.15) is 0 Å². The first-order chi connectivity index (χ1) is 7.44. The first-order valence-corrected chi connectivity index (χ1v) is 6.35. The highest BCUT2D eigenvalue weighted by atomic mass is 16.5. The standard InChI is InChI=1S/C13H24O3/c1-10(2)9-13(3,12(14)15)16-11-7-5-4-6-8-11/h10-11H,4-9H2,1-3H3,(H,14,15). The first kappa shape index (κ1) is 13.5. The average molecular weight is 228 g/mol. The van der Waals surface area contributed by atoms with Crippen LogP contribution in [-0.4, -0.2) is 22.8 Å². The highest BCUT2D eigenvalue weighted by molar-refractivity contribution is 5.76. The molecule has 0 aromatic carbocycles. The van der Waals surface area contributed by atoms with Gasteiger partial charge >= 0.3 is 5.97 Å². The summed E-state index contributed by atoms with van der Waals surface area (Å²) in [6.07, 6.45) is 6.35. The number of carboxylic acid groups (broad SMARTS) is 1. The number of ether oxygens (including phenoxy) is 1. The molecule has 0 aromatic rings. The van der Waals surface area contributed by atoms with Gasteiger partial charge in [-0.1, -0.05) is 33.1 Å². The Labute approximate surface area is 98.2 Å². The first-order valence-electron chi connectivity index (χ1n) is 6.35. The molecular weight excluding hydrogens is 204 g/mol. The maximum atomic E-state index is 11.3. The number of rotatable bonds is 5. The normalized spacial score (nSPS) is 22.0. The van der Waals surface area contributed by atoms with Crippen molar-refractivity contribution in [2.24, 2.45) is 5.92 Å². The molecule has 1 saturated carbocycles. The van der Waals surface area contributed by atoms with E-state index in [1.54, 1.807) is 6.92 Å². The topological polar surface area (TPSA) is 46.5 Å². The highest BCUT2D eigenvalue weighted by Gasteiger charge is 2.37. The molecule has 0 radical (unpaired) electrons. The van der Waals surface area contributed by atoms with E-state index in [0.29, 0.717) is 12.3 Å². The van der Waals surface area contributed by atoms with Gasteiger partial charge in [-0.3, -0.25) is 0 Å². The molecule has 1 fully saturated rings. The number of hydrogen-bond donors (Lipinski definition) is 1. The van der Waals surface area contributed by atoms with Crippen LogP contribution in [0.2, 0.25) is 0 Å². The maximum Gasteiger partial charge on any atom is 0.335 e. The van der Waals surface area contributed by atoms with Gasteiger partial charge in [0, 0.05) is 0 Å². The Kier molecular flexibility index (Phi) is 4.78. The quantitative estimate of drug-likeness (QED) is 0.785. The second kappa shape index (κ2) is 5.67. The Morgan fingerprint density at radius 2 is 1.94 bits per heavy atom. The van der Waals surface area contributed by atoms with Crippen LogP contribution in [0.4, 0.5) is 0 Å². The third-order valence-electron chi connectivity index (χ3n) is 3.23. The third kappa shape index (κ3) is 3.78. The minimum Gasteiger partial charge on any atom is -0.479 e. The van der Waals surface area contributed by atoms with Gasteiger partial charge in [0.15, 0.2) is 5.60 Å². The Balaban J connectivity index is 2.58. The molecule has 0 aliphatic heterocycles. The molecule has 1 atom stereocenters. The van der Waals surface area contributed by atoms with E-state index in [9.17, 15) is 9.90 Å². The fraction of sp³-hybridized carbons (Fsp3) is 0.923. The number of aliphatic carboxylic acids is 1. The zero-order chi connectivity index (χ0) is 12.2. The smallest absolute Gasteiger partial charge is 0.335 e. The molecule has 0 heterocycles. The van der Waals surface area contributed by atoms with E-state index in [1.165, 1.54) is 19.3 Å². The van der Waals surface area contributed by atoms with Gasteiger partial charge in [0.05, 0.1) is 6.10 Å². The maximum absolute atomic E-state index is 11.3.